The summed E-state index contributed by atoms with van der Waals surface area (Å²) in [6.07, 6.45) is 0. The average Bonchev–Trinajstić information content (AvgIpc) is 2.84. The minimum atomic E-state index is -0.438. The van der Waals surface area contributed by atoms with Crippen LogP contribution in [0.3, 0.4) is 0 Å². The highest BCUT2D eigenvalue weighted by Gasteiger charge is 2.16. The fourth-order valence-electron chi connectivity index (χ4n) is 3.70. The van der Waals surface area contributed by atoms with Crippen molar-refractivity contribution < 1.29 is 10.2 Å². The fraction of sp³-hybridized carbons (Fsp3) is 0.231. The first kappa shape index (κ1) is 25.3. The van der Waals surface area contributed by atoms with Gasteiger partial charge in [0.2, 0.25) is 17.8 Å². The van der Waals surface area contributed by atoms with Crippen LogP contribution in [0.4, 0.5) is 34.6 Å². The highest BCUT2D eigenvalue weighted by molar-refractivity contribution is 5.64. The molecule has 0 fully saturated rings. The molecule has 37 heavy (non-hydrogen) atoms. The zero-order valence-electron chi connectivity index (χ0n) is 21.2. The maximum atomic E-state index is 12.4. The van der Waals surface area contributed by atoms with Crippen molar-refractivity contribution in [1.82, 2.24) is 19.5 Å². The van der Waals surface area contributed by atoms with Crippen LogP contribution in [0.15, 0.2) is 57.5 Å². The van der Waals surface area contributed by atoms with Gasteiger partial charge >= 0.3 is 6.01 Å². The van der Waals surface area contributed by atoms with E-state index in [4.69, 9.17) is 0 Å². The van der Waals surface area contributed by atoms with Crippen LogP contribution in [0.1, 0.15) is 29.2 Å². The molecule has 0 saturated carbocycles. The van der Waals surface area contributed by atoms with Gasteiger partial charge < -0.3 is 20.8 Å². The van der Waals surface area contributed by atoms with Gasteiger partial charge in [0.25, 0.3) is 5.56 Å². The van der Waals surface area contributed by atoms with E-state index in [1.165, 1.54) is 4.57 Å². The lowest BCUT2D eigenvalue weighted by Gasteiger charge is -2.12. The lowest BCUT2D eigenvalue weighted by atomic mass is 10.1. The number of anilines is 4. The Bertz CT molecular complexity index is 1560. The van der Waals surface area contributed by atoms with Crippen LogP contribution in [0.25, 0.3) is 0 Å². The summed E-state index contributed by atoms with van der Waals surface area (Å²) in [7, 11) is 0. The molecule has 0 aliphatic rings. The van der Waals surface area contributed by atoms with Gasteiger partial charge in [-0.1, -0.05) is 18.2 Å². The van der Waals surface area contributed by atoms with Gasteiger partial charge in [0.1, 0.15) is 5.69 Å². The molecule has 11 heteroatoms. The molecule has 2 heterocycles. The Labute approximate surface area is 213 Å². The summed E-state index contributed by atoms with van der Waals surface area (Å²) in [5.41, 5.74) is 4.87. The average molecular weight is 501 g/mol. The largest absolute Gasteiger partial charge is 0.493 e. The van der Waals surface area contributed by atoms with E-state index in [0.717, 1.165) is 16.8 Å². The molecule has 0 spiro atoms. The Morgan fingerprint density at radius 1 is 0.865 bits per heavy atom. The molecule has 190 valence electrons. The molecule has 0 unspecified atom stereocenters. The molecule has 0 saturated heterocycles. The van der Waals surface area contributed by atoms with Crippen LogP contribution < -0.4 is 16.2 Å². The molecule has 0 aliphatic heterocycles. The Hall–Kier alpha value is -4.80. The van der Waals surface area contributed by atoms with Crippen LogP contribution in [0.5, 0.6) is 11.9 Å². The van der Waals surface area contributed by atoms with E-state index in [9.17, 15) is 15.0 Å². The standard InChI is InChI=1S/C26H28N8O3/c1-6-34-22(35)17(5)16(4)21(23(34)36)33-32-20-13-19(11-10-15(20)3)28-25-29-24(30-26(37)31-25)27-18-9-7-8-14(2)12-18/h7-13,36H,6H2,1-5H3,(H3,27,28,29,30,31,37). The summed E-state index contributed by atoms with van der Waals surface area (Å²) in [5, 5.41) is 35.3. The Balaban J connectivity index is 1.62. The molecule has 4 N–H and O–H groups in total. The number of hydrogen-bond acceptors (Lipinski definition) is 10. The molecule has 2 aromatic carbocycles. The SMILES string of the molecule is CCn1c(O)c(N=Nc2cc(Nc3nc(O)nc(Nc4cccc(C)c4)n3)ccc2C)c(C)c(C)c1=O. The maximum Gasteiger partial charge on any atom is 0.320 e. The maximum absolute atomic E-state index is 12.4. The topological polar surface area (TPSA) is 150 Å². The van der Waals surface area contributed by atoms with Gasteiger partial charge in [-0.2, -0.15) is 20.1 Å². The highest BCUT2D eigenvalue weighted by atomic mass is 16.3. The highest BCUT2D eigenvalue weighted by Crippen LogP contribution is 2.33. The molecular formula is C26H28N8O3. The molecule has 4 aromatic rings. The third kappa shape index (κ3) is 5.56. The molecule has 0 bridgehead atoms. The van der Waals surface area contributed by atoms with Gasteiger partial charge in [-0.25, -0.2) is 0 Å². The minimum absolute atomic E-state index is 0.133. The number of pyridine rings is 1. The van der Waals surface area contributed by atoms with Gasteiger partial charge in [0.15, 0.2) is 0 Å². The molecule has 0 amide bonds. The van der Waals surface area contributed by atoms with Crippen molar-refractivity contribution in [1.29, 1.82) is 0 Å². The van der Waals surface area contributed by atoms with E-state index in [1.807, 2.05) is 50.2 Å². The van der Waals surface area contributed by atoms with Crippen molar-refractivity contribution in [2.24, 2.45) is 10.2 Å². The first-order valence-electron chi connectivity index (χ1n) is 11.7. The summed E-state index contributed by atoms with van der Waals surface area (Å²) in [6.45, 7) is 9.36. The summed E-state index contributed by atoms with van der Waals surface area (Å²) in [6, 6.07) is 12.6. The van der Waals surface area contributed by atoms with Crippen LogP contribution in [-0.2, 0) is 6.54 Å². The number of aromatic hydroxyl groups is 2. The third-order valence-corrected chi connectivity index (χ3v) is 5.89. The number of azo groups is 1. The molecular weight excluding hydrogens is 472 g/mol. The fourth-order valence-corrected chi connectivity index (χ4v) is 3.70. The predicted molar refractivity (Wildman–Crippen MR) is 142 cm³/mol. The van der Waals surface area contributed by atoms with E-state index in [0.29, 0.717) is 29.0 Å². The zero-order chi connectivity index (χ0) is 26.7. The van der Waals surface area contributed by atoms with Crippen molar-refractivity contribution in [3.63, 3.8) is 0 Å². The molecule has 4 rings (SSSR count). The molecule has 0 atom stereocenters. The number of rotatable bonds is 7. The van der Waals surface area contributed by atoms with Gasteiger partial charge in [0.05, 0.1) is 5.69 Å². The quantitative estimate of drug-likeness (QED) is 0.239. The van der Waals surface area contributed by atoms with E-state index >= 15 is 0 Å². The van der Waals surface area contributed by atoms with E-state index in [2.05, 4.69) is 35.8 Å². The molecule has 11 nitrogen and oxygen atoms in total. The number of aromatic nitrogens is 4. The second-order valence-electron chi connectivity index (χ2n) is 8.57. The van der Waals surface area contributed by atoms with Crippen LogP contribution in [-0.4, -0.2) is 29.7 Å². The van der Waals surface area contributed by atoms with Gasteiger partial charge in [-0.05, 0) is 75.6 Å². The second-order valence-corrected chi connectivity index (χ2v) is 8.57. The van der Waals surface area contributed by atoms with Crippen LogP contribution in [0.2, 0.25) is 0 Å². The van der Waals surface area contributed by atoms with Gasteiger partial charge in [-0.3, -0.25) is 9.36 Å². The first-order chi connectivity index (χ1) is 17.7. The van der Waals surface area contributed by atoms with Crippen molar-refractivity contribution >= 4 is 34.6 Å². The Kier molecular flexibility index (Phi) is 7.14. The predicted octanol–water partition coefficient (Wildman–Crippen LogP) is 5.60. The zero-order valence-corrected chi connectivity index (χ0v) is 21.2. The van der Waals surface area contributed by atoms with E-state index in [-0.39, 0.29) is 29.0 Å². The van der Waals surface area contributed by atoms with Crippen LogP contribution in [0, 0.1) is 27.7 Å². The monoisotopic (exact) mass is 500 g/mol. The number of nitrogens with zero attached hydrogens (tertiary/aromatic N) is 6. The third-order valence-electron chi connectivity index (χ3n) is 5.89. The number of aryl methyl sites for hydroxylation is 2. The first-order valence-corrected chi connectivity index (χ1v) is 11.7. The van der Waals surface area contributed by atoms with E-state index in [1.54, 1.807) is 26.8 Å². The number of benzene rings is 2. The Morgan fingerprint density at radius 3 is 2.19 bits per heavy atom. The summed E-state index contributed by atoms with van der Waals surface area (Å²) < 4.78 is 1.26. The lowest BCUT2D eigenvalue weighted by molar-refractivity contribution is 0.411. The number of hydrogen-bond donors (Lipinski definition) is 4. The molecule has 0 radical (unpaired) electrons. The summed E-state index contributed by atoms with van der Waals surface area (Å²) >= 11 is 0. The summed E-state index contributed by atoms with van der Waals surface area (Å²) in [4.78, 5) is 24.6. The molecule has 2 aromatic heterocycles. The normalized spacial score (nSPS) is 11.2. The smallest absolute Gasteiger partial charge is 0.320 e. The summed E-state index contributed by atoms with van der Waals surface area (Å²) in [5.74, 6) is 0.0918. The van der Waals surface area contributed by atoms with Crippen molar-refractivity contribution in [2.45, 2.75) is 41.2 Å². The van der Waals surface area contributed by atoms with Crippen molar-refractivity contribution in [3.8, 4) is 11.9 Å². The van der Waals surface area contributed by atoms with Crippen molar-refractivity contribution in [3.05, 3.63) is 75.1 Å². The van der Waals surface area contributed by atoms with Crippen molar-refractivity contribution in [2.75, 3.05) is 10.6 Å². The minimum Gasteiger partial charge on any atom is -0.493 e. The second kappa shape index (κ2) is 10.4. The van der Waals surface area contributed by atoms with Gasteiger partial charge in [-0.15, -0.1) is 5.11 Å². The van der Waals surface area contributed by atoms with E-state index < -0.39 is 6.01 Å². The van der Waals surface area contributed by atoms with Crippen LogP contribution >= 0.6 is 0 Å². The number of nitrogens with one attached hydrogen (secondary N) is 2. The molecule has 0 aliphatic carbocycles. The lowest BCUT2D eigenvalue weighted by Crippen LogP contribution is -2.22. The van der Waals surface area contributed by atoms with Gasteiger partial charge in [0, 0.05) is 23.5 Å². The Morgan fingerprint density at radius 2 is 1.54 bits per heavy atom.